The van der Waals surface area contributed by atoms with Crippen LogP contribution in [0, 0.1) is 0 Å². The van der Waals surface area contributed by atoms with Crippen LogP contribution in [0.4, 0.5) is 0 Å². The Balaban J connectivity index is 1.36. The fourth-order valence-corrected chi connectivity index (χ4v) is 4.93. The number of nitrogens with zero attached hydrogens (tertiary/aromatic N) is 2. The normalized spacial score (nSPS) is 18.0. The van der Waals surface area contributed by atoms with E-state index in [1.807, 2.05) is 6.92 Å². The lowest BCUT2D eigenvalue weighted by molar-refractivity contribution is 0.0642. The van der Waals surface area contributed by atoms with Gasteiger partial charge in [-0.3, -0.25) is 19.3 Å². The summed E-state index contributed by atoms with van der Waals surface area (Å²) < 4.78 is 5.68. The molecule has 4 rings (SSSR count). The van der Waals surface area contributed by atoms with Gasteiger partial charge in [0.15, 0.2) is 0 Å². The predicted octanol–water partition coefficient (Wildman–Crippen LogP) is 4.27. The molecule has 35 heavy (non-hydrogen) atoms. The largest absolute Gasteiger partial charge is 0.493 e. The van der Waals surface area contributed by atoms with Crippen molar-refractivity contribution in [3.63, 3.8) is 0 Å². The molecule has 0 spiro atoms. The Morgan fingerprint density at radius 3 is 2.49 bits per heavy atom. The molecular weight excluding hydrogens is 442 g/mol. The first kappa shape index (κ1) is 24.9. The number of carbonyl (C=O) groups is 3. The molecule has 2 aromatic rings. The number of unbranched alkanes of at least 4 members (excludes halogenated alkanes) is 1. The number of ether oxygens (including phenoxy) is 1. The number of rotatable bonds is 10. The summed E-state index contributed by atoms with van der Waals surface area (Å²) in [5, 5.41) is 3.01. The Labute approximate surface area is 207 Å². The van der Waals surface area contributed by atoms with Crippen LogP contribution in [0.2, 0.25) is 0 Å². The van der Waals surface area contributed by atoms with Gasteiger partial charge in [-0.2, -0.15) is 0 Å². The molecule has 2 heterocycles. The molecule has 0 radical (unpaired) electrons. The Kier molecular flexibility index (Phi) is 8.18. The smallest absolute Gasteiger partial charge is 0.261 e. The second-order valence-electron chi connectivity index (χ2n) is 9.35. The van der Waals surface area contributed by atoms with Crippen LogP contribution in [0.25, 0.3) is 0 Å². The third-order valence-corrected chi connectivity index (χ3v) is 6.91. The highest BCUT2D eigenvalue weighted by molar-refractivity contribution is 6.21. The van der Waals surface area contributed by atoms with E-state index in [0.29, 0.717) is 47.2 Å². The number of fused-ring (bicyclic) bond motifs is 1. The van der Waals surface area contributed by atoms with Crippen LogP contribution < -0.4 is 10.1 Å². The lowest BCUT2D eigenvalue weighted by Crippen LogP contribution is -2.38. The van der Waals surface area contributed by atoms with E-state index in [0.717, 1.165) is 19.4 Å². The third kappa shape index (κ3) is 5.73. The van der Waals surface area contributed by atoms with Gasteiger partial charge < -0.3 is 15.0 Å². The van der Waals surface area contributed by atoms with Crippen LogP contribution in [0.5, 0.6) is 5.75 Å². The van der Waals surface area contributed by atoms with Crippen LogP contribution in [0.15, 0.2) is 42.5 Å². The number of likely N-dealkylation sites (tertiary alicyclic amines) is 1. The van der Waals surface area contributed by atoms with Gasteiger partial charge in [0.25, 0.3) is 17.7 Å². The summed E-state index contributed by atoms with van der Waals surface area (Å²) in [5.74, 6) is -0.329. The summed E-state index contributed by atoms with van der Waals surface area (Å²) in [6, 6.07) is 12.7. The Hall–Kier alpha value is -3.19. The molecule has 1 N–H and O–H groups in total. The van der Waals surface area contributed by atoms with Crippen molar-refractivity contribution in [1.29, 1.82) is 0 Å². The number of benzene rings is 2. The van der Waals surface area contributed by atoms with E-state index < -0.39 is 0 Å². The van der Waals surface area contributed by atoms with Crippen molar-refractivity contribution < 1.29 is 19.1 Å². The van der Waals surface area contributed by atoms with Crippen molar-refractivity contribution in [2.75, 3.05) is 26.2 Å². The highest BCUT2D eigenvalue weighted by Crippen LogP contribution is 2.26. The molecule has 0 aromatic heterocycles. The zero-order valence-electron chi connectivity index (χ0n) is 20.7. The Morgan fingerprint density at radius 1 is 1.06 bits per heavy atom. The van der Waals surface area contributed by atoms with E-state index in [2.05, 4.69) is 17.1 Å². The molecule has 7 heteroatoms. The zero-order chi connectivity index (χ0) is 24.8. The molecule has 0 saturated carbocycles. The monoisotopic (exact) mass is 477 g/mol. The number of hydrogen-bond donors (Lipinski definition) is 1. The number of carbonyl (C=O) groups excluding carboxylic acids is 3. The molecule has 1 saturated heterocycles. The lowest BCUT2D eigenvalue weighted by atomic mass is 10.0. The van der Waals surface area contributed by atoms with Crippen molar-refractivity contribution in [3.05, 3.63) is 64.7 Å². The highest BCUT2D eigenvalue weighted by atomic mass is 16.5. The molecular formula is C28H35N3O4. The van der Waals surface area contributed by atoms with Crippen molar-refractivity contribution in [1.82, 2.24) is 15.1 Å². The molecule has 1 fully saturated rings. The van der Waals surface area contributed by atoms with Crippen molar-refractivity contribution in [3.8, 4) is 5.75 Å². The maximum atomic E-state index is 13.0. The summed E-state index contributed by atoms with van der Waals surface area (Å²) in [6.45, 7) is 7.54. The minimum Gasteiger partial charge on any atom is -0.493 e. The fourth-order valence-electron chi connectivity index (χ4n) is 4.93. The van der Waals surface area contributed by atoms with Gasteiger partial charge in [-0.25, -0.2) is 0 Å². The third-order valence-electron chi connectivity index (χ3n) is 6.91. The topological polar surface area (TPSA) is 78.9 Å². The fraction of sp³-hybridized carbons (Fsp3) is 0.464. The van der Waals surface area contributed by atoms with Gasteiger partial charge in [0.1, 0.15) is 5.75 Å². The summed E-state index contributed by atoms with van der Waals surface area (Å²) in [5.41, 5.74) is 1.96. The number of hydrogen-bond acceptors (Lipinski definition) is 5. The molecule has 7 nitrogen and oxygen atoms in total. The van der Waals surface area contributed by atoms with Gasteiger partial charge in [-0.1, -0.05) is 24.6 Å². The van der Waals surface area contributed by atoms with E-state index in [9.17, 15) is 14.4 Å². The SMILES string of the molecule is CCOc1ccc(CN2C(=O)c3ccccc3C2=O)cc1C(=O)NCCCCN1CCCCC1C. The molecule has 0 aliphatic carbocycles. The zero-order valence-corrected chi connectivity index (χ0v) is 20.7. The Bertz CT molecular complexity index is 1050. The first-order valence-electron chi connectivity index (χ1n) is 12.7. The summed E-state index contributed by atoms with van der Waals surface area (Å²) in [4.78, 5) is 42.2. The van der Waals surface area contributed by atoms with E-state index >= 15 is 0 Å². The van der Waals surface area contributed by atoms with Crippen molar-refractivity contribution in [2.45, 2.75) is 58.5 Å². The van der Waals surface area contributed by atoms with Crippen LogP contribution in [0.1, 0.15) is 82.6 Å². The molecule has 186 valence electrons. The van der Waals surface area contributed by atoms with Crippen LogP contribution in [-0.4, -0.2) is 59.8 Å². The van der Waals surface area contributed by atoms with Crippen molar-refractivity contribution in [2.24, 2.45) is 0 Å². The average molecular weight is 478 g/mol. The van der Waals surface area contributed by atoms with Gasteiger partial charge in [0, 0.05) is 12.6 Å². The van der Waals surface area contributed by atoms with Crippen molar-refractivity contribution >= 4 is 17.7 Å². The molecule has 2 aliphatic heterocycles. The second kappa shape index (κ2) is 11.5. The lowest BCUT2D eigenvalue weighted by Gasteiger charge is -2.33. The van der Waals surface area contributed by atoms with Gasteiger partial charge in [0.05, 0.1) is 29.8 Å². The summed E-state index contributed by atoms with van der Waals surface area (Å²) >= 11 is 0. The van der Waals surface area contributed by atoms with E-state index in [-0.39, 0.29) is 24.3 Å². The summed E-state index contributed by atoms with van der Waals surface area (Å²) in [6.07, 6.45) is 5.82. The Morgan fingerprint density at radius 2 is 1.80 bits per heavy atom. The highest BCUT2D eigenvalue weighted by Gasteiger charge is 2.35. The summed E-state index contributed by atoms with van der Waals surface area (Å²) in [7, 11) is 0. The number of piperidine rings is 1. The van der Waals surface area contributed by atoms with Gasteiger partial charge in [0.2, 0.25) is 0 Å². The van der Waals surface area contributed by atoms with Gasteiger partial charge >= 0.3 is 0 Å². The first-order valence-corrected chi connectivity index (χ1v) is 12.7. The molecule has 3 amide bonds. The van der Waals surface area contributed by atoms with Gasteiger partial charge in [-0.05, 0) is 82.4 Å². The van der Waals surface area contributed by atoms with E-state index in [1.54, 1.807) is 42.5 Å². The number of amides is 3. The number of nitrogens with one attached hydrogen (secondary N) is 1. The molecule has 0 bridgehead atoms. The molecule has 2 aliphatic rings. The van der Waals surface area contributed by atoms with E-state index in [4.69, 9.17) is 4.74 Å². The molecule has 1 unspecified atom stereocenters. The minimum absolute atomic E-state index is 0.104. The van der Waals surface area contributed by atoms with Crippen LogP contribution >= 0.6 is 0 Å². The predicted molar refractivity (Wildman–Crippen MR) is 135 cm³/mol. The van der Waals surface area contributed by atoms with Crippen LogP contribution in [0.3, 0.4) is 0 Å². The maximum absolute atomic E-state index is 13.0. The average Bonchev–Trinajstić information content (AvgIpc) is 3.10. The quantitative estimate of drug-likeness (QED) is 0.409. The van der Waals surface area contributed by atoms with E-state index in [1.165, 1.54) is 30.7 Å². The second-order valence-corrected chi connectivity index (χ2v) is 9.35. The van der Waals surface area contributed by atoms with Crippen LogP contribution in [-0.2, 0) is 6.54 Å². The van der Waals surface area contributed by atoms with Gasteiger partial charge in [-0.15, -0.1) is 0 Å². The molecule has 2 aromatic carbocycles. The standard InChI is InChI=1S/C28H35N3O4/c1-3-35-25-14-13-21(19-31-27(33)22-11-4-5-12-23(22)28(31)34)18-24(25)26(32)29-15-7-9-17-30-16-8-6-10-20(30)2/h4-5,11-14,18,20H,3,6-10,15-17,19H2,1-2H3,(H,29,32). The number of imide groups is 1. The first-order chi connectivity index (χ1) is 17.0. The maximum Gasteiger partial charge on any atom is 0.261 e. The minimum atomic E-state index is -0.312. The molecule has 1 atom stereocenters.